The Morgan fingerprint density at radius 2 is 0.904 bits per heavy atom. The van der Waals surface area contributed by atoms with Crippen molar-refractivity contribution in [1.29, 1.82) is 10.5 Å². The number of imidazole rings is 2. The van der Waals surface area contributed by atoms with Crippen molar-refractivity contribution >= 4 is 22.1 Å². The van der Waals surface area contributed by atoms with Crippen molar-refractivity contribution < 1.29 is 0 Å². The van der Waals surface area contributed by atoms with Crippen LogP contribution in [0.25, 0.3) is 44.3 Å². The summed E-state index contributed by atoms with van der Waals surface area (Å²) in [6.07, 6.45) is 10.1. The van der Waals surface area contributed by atoms with E-state index in [0.717, 1.165) is 72.3 Å². The molecule has 4 aliphatic heterocycles. The third-order valence-electron chi connectivity index (χ3n) is 11.9. The highest BCUT2D eigenvalue weighted by molar-refractivity contribution is 5.84. The minimum Gasteiger partial charge on any atom is -0.327 e. The van der Waals surface area contributed by atoms with Gasteiger partial charge < -0.3 is 9.13 Å². The Kier molecular flexibility index (Phi) is 8.80. The molecule has 6 aromatic rings. The number of nitrogens with zero attached hydrogens (tertiary/aromatic N) is 8. The van der Waals surface area contributed by atoms with Gasteiger partial charge >= 0.3 is 0 Å². The number of fused-ring (bicyclic) bond motifs is 8. The second kappa shape index (κ2) is 14.0. The second-order valence-electron chi connectivity index (χ2n) is 14.9. The molecule has 4 aromatic carbocycles. The highest BCUT2D eigenvalue weighted by Gasteiger charge is 2.29. The van der Waals surface area contributed by atoms with Gasteiger partial charge in [0.1, 0.15) is 11.6 Å². The van der Waals surface area contributed by atoms with Crippen LogP contribution in [0.4, 0.5) is 0 Å². The summed E-state index contributed by atoms with van der Waals surface area (Å²) in [5.41, 5.74) is 10.7. The first-order valence-corrected chi connectivity index (χ1v) is 19.1. The molecule has 2 fully saturated rings. The number of rotatable bonds is 2. The molecule has 2 atom stereocenters. The summed E-state index contributed by atoms with van der Waals surface area (Å²) in [5.74, 6) is 2.48. The predicted octanol–water partition coefficient (Wildman–Crippen LogP) is 7.97. The first-order chi connectivity index (χ1) is 25.6. The van der Waals surface area contributed by atoms with E-state index in [1.54, 1.807) is 0 Å². The van der Waals surface area contributed by atoms with E-state index in [9.17, 15) is 0 Å². The fourth-order valence-electron chi connectivity index (χ4n) is 9.05. The van der Waals surface area contributed by atoms with Crippen LogP contribution in [0.5, 0.6) is 0 Å². The van der Waals surface area contributed by atoms with Gasteiger partial charge in [-0.1, -0.05) is 49.2 Å². The zero-order valence-electron chi connectivity index (χ0n) is 29.7. The Bertz CT molecular complexity index is 2150. The Hall–Kier alpha value is -5.28. The van der Waals surface area contributed by atoms with E-state index >= 15 is 0 Å². The molecule has 8 nitrogen and oxygen atoms in total. The van der Waals surface area contributed by atoms with Crippen molar-refractivity contribution in [1.82, 2.24) is 28.9 Å². The number of benzene rings is 4. The molecular formula is C44H44N8. The van der Waals surface area contributed by atoms with Crippen LogP contribution in [0, 0.1) is 22.7 Å². The fourth-order valence-corrected chi connectivity index (χ4v) is 9.05. The molecule has 0 bridgehead atoms. The van der Waals surface area contributed by atoms with Crippen molar-refractivity contribution in [2.45, 2.75) is 76.5 Å². The molecule has 0 radical (unpaired) electrons. The molecule has 0 N–H and O–H groups in total. The Balaban J connectivity index is 0.000000138. The lowest BCUT2D eigenvalue weighted by molar-refractivity contribution is 0.152. The lowest BCUT2D eigenvalue weighted by Gasteiger charge is -2.33. The van der Waals surface area contributed by atoms with E-state index in [1.165, 1.54) is 74.3 Å². The summed E-state index contributed by atoms with van der Waals surface area (Å²) in [6, 6.07) is 34.4. The molecule has 0 spiro atoms. The van der Waals surface area contributed by atoms with Crippen molar-refractivity contribution in [3.05, 3.63) is 108 Å². The molecule has 2 aromatic heterocycles. The Morgan fingerprint density at radius 1 is 0.481 bits per heavy atom. The van der Waals surface area contributed by atoms with Crippen LogP contribution < -0.4 is 0 Å². The topological polar surface area (TPSA) is 89.7 Å². The van der Waals surface area contributed by atoms with Crippen LogP contribution in [-0.2, 0) is 25.9 Å². The van der Waals surface area contributed by atoms with E-state index in [4.69, 9.17) is 20.5 Å². The van der Waals surface area contributed by atoms with Crippen molar-refractivity contribution in [2.24, 2.45) is 0 Å². The largest absolute Gasteiger partial charge is 0.327 e. The monoisotopic (exact) mass is 684 g/mol. The Morgan fingerprint density at radius 3 is 1.33 bits per heavy atom. The highest BCUT2D eigenvalue weighted by atomic mass is 15.2. The number of nitriles is 2. The van der Waals surface area contributed by atoms with Crippen LogP contribution in [0.15, 0.2) is 84.9 Å². The van der Waals surface area contributed by atoms with Crippen molar-refractivity contribution in [2.75, 3.05) is 26.2 Å². The maximum atomic E-state index is 8.97. The van der Waals surface area contributed by atoms with Gasteiger partial charge in [0.2, 0.25) is 0 Å². The Labute approximate surface area is 305 Å². The fraction of sp³-hybridized carbons (Fsp3) is 0.364. The quantitative estimate of drug-likeness (QED) is 0.184. The second-order valence-corrected chi connectivity index (χ2v) is 14.9. The van der Waals surface area contributed by atoms with Crippen molar-refractivity contribution in [3.8, 4) is 34.4 Å². The van der Waals surface area contributed by atoms with E-state index in [0.29, 0.717) is 23.2 Å². The number of hydrogen-bond acceptors (Lipinski definition) is 6. The summed E-state index contributed by atoms with van der Waals surface area (Å²) in [4.78, 5) is 15.3. The van der Waals surface area contributed by atoms with Gasteiger partial charge in [0.25, 0.3) is 0 Å². The third kappa shape index (κ3) is 6.27. The van der Waals surface area contributed by atoms with Gasteiger partial charge in [0.05, 0.1) is 45.3 Å². The molecule has 0 aliphatic carbocycles. The smallest absolute Gasteiger partial charge is 0.111 e. The van der Waals surface area contributed by atoms with E-state index in [-0.39, 0.29) is 0 Å². The van der Waals surface area contributed by atoms with Gasteiger partial charge in [-0.05, 0) is 110 Å². The average molecular weight is 685 g/mol. The molecule has 6 heterocycles. The normalized spacial score (nSPS) is 20.2. The van der Waals surface area contributed by atoms with Gasteiger partial charge in [0.15, 0.2) is 0 Å². The summed E-state index contributed by atoms with van der Waals surface area (Å²) >= 11 is 0. The van der Waals surface area contributed by atoms with Crippen LogP contribution in [-0.4, -0.2) is 67.2 Å². The third-order valence-corrected chi connectivity index (χ3v) is 11.9. The molecule has 2 saturated heterocycles. The van der Waals surface area contributed by atoms with Crippen molar-refractivity contribution in [3.63, 3.8) is 0 Å². The van der Waals surface area contributed by atoms with E-state index in [1.807, 2.05) is 48.5 Å². The minimum atomic E-state index is 0.666. The average Bonchev–Trinajstić information content (AvgIpc) is 3.57. The standard InChI is InChI=1S/2C22H22N4/c2*23-15-16-4-6-17(7-5-16)18-8-9-21-20(13-18)24-22-14-19-3-1-2-10-25(19)11-12-26(21)22/h2*4-9,13,19H,1-3,10-12,14H2/t2*19-/m10/s1. The molecule has 52 heavy (non-hydrogen) atoms. The highest BCUT2D eigenvalue weighted by Crippen LogP contribution is 2.31. The number of hydrogen-bond donors (Lipinski definition) is 0. The van der Waals surface area contributed by atoms with Gasteiger partial charge in [-0.25, -0.2) is 9.97 Å². The van der Waals surface area contributed by atoms with E-state index in [2.05, 4.69) is 67.5 Å². The van der Waals surface area contributed by atoms with Crippen LogP contribution in [0.3, 0.4) is 0 Å². The van der Waals surface area contributed by atoms with Crippen LogP contribution >= 0.6 is 0 Å². The van der Waals surface area contributed by atoms with Gasteiger partial charge in [-0.2, -0.15) is 10.5 Å². The zero-order chi connectivity index (χ0) is 35.0. The molecule has 8 heteroatoms. The van der Waals surface area contributed by atoms with Gasteiger partial charge in [-0.3, -0.25) is 9.80 Å². The number of aromatic nitrogens is 4. The first kappa shape index (κ1) is 32.6. The summed E-state index contributed by atoms with van der Waals surface area (Å²) in [6.45, 7) is 6.85. The minimum absolute atomic E-state index is 0.666. The maximum Gasteiger partial charge on any atom is 0.111 e. The summed E-state index contributed by atoms with van der Waals surface area (Å²) < 4.78 is 4.85. The van der Waals surface area contributed by atoms with Crippen LogP contribution in [0.2, 0.25) is 0 Å². The summed E-state index contributed by atoms with van der Waals surface area (Å²) in [7, 11) is 0. The SMILES string of the molecule is N#Cc1ccc(-c2ccc3c(c2)nc2n3CCN3CCCC[C@@H]3C2)cc1.N#Cc1ccc(-c2ccc3c(c2)nc2n3CCN3CCCC[C@H]3C2)cc1. The van der Waals surface area contributed by atoms with Gasteiger partial charge in [0, 0.05) is 51.1 Å². The zero-order valence-corrected chi connectivity index (χ0v) is 29.7. The molecule has 0 amide bonds. The van der Waals surface area contributed by atoms with Gasteiger partial charge in [-0.15, -0.1) is 0 Å². The molecule has 0 saturated carbocycles. The number of piperidine rings is 2. The molecule has 4 aliphatic rings. The molecule has 260 valence electrons. The molecule has 10 rings (SSSR count). The maximum absolute atomic E-state index is 8.97. The van der Waals surface area contributed by atoms with E-state index < -0.39 is 0 Å². The summed E-state index contributed by atoms with van der Waals surface area (Å²) in [5, 5.41) is 17.9. The molecule has 0 unspecified atom stereocenters. The lowest BCUT2D eigenvalue weighted by Crippen LogP contribution is -2.40. The predicted molar refractivity (Wildman–Crippen MR) is 206 cm³/mol. The lowest BCUT2D eigenvalue weighted by atomic mass is 10.00. The molecular weight excluding hydrogens is 641 g/mol. The first-order valence-electron chi connectivity index (χ1n) is 19.1. The van der Waals surface area contributed by atoms with Crippen LogP contribution in [0.1, 0.15) is 61.3 Å².